The van der Waals surface area contributed by atoms with Gasteiger partial charge in [0.1, 0.15) is 0 Å². The summed E-state index contributed by atoms with van der Waals surface area (Å²) in [6.45, 7) is 6.06. The molecule has 1 heterocycles. The average Bonchev–Trinajstić information content (AvgIpc) is 3.16. The molecule has 1 amide bonds. The number of fused-ring (bicyclic) bond motifs is 5. The van der Waals surface area contributed by atoms with Gasteiger partial charge in [-0.2, -0.15) is 31.0 Å². The first-order valence-electron chi connectivity index (χ1n) is 7.30. The summed E-state index contributed by atoms with van der Waals surface area (Å²) in [5.41, 5.74) is -0.0708. The third kappa shape index (κ3) is 2.08. The molecule has 0 aromatic heterocycles. The maximum absolute atomic E-state index is 13.6. The van der Waals surface area contributed by atoms with E-state index in [2.05, 4.69) is 17.4 Å². The molecule has 3 fully saturated rings. The van der Waals surface area contributed by atoms with Crippen LogP contribution in [0.1, 0.15) is 19.3 Å². The highest BCUT2D eigenvalue weighted by molar-refractivity contribution is 7.87. The Morgan fingerprint density at radius 2 is 1.71 bits per heavy atom. The molecule has 2 bridgehead atoms. The SMILES string of the molecule is C=CC(F)(F)C(F)(F)S(=O)(=O)ON1C(=C)C2C3CCC(C3)C2C1=O. The van der Waals surface area contributed by atoms with Gasteiger partial charge in [0.05, 0.1) is 5.92 Å². The molecule has 4 unspecified atom stereocenters. The van der Waals surface area contributed by atoms with E-state index >= 15 is 0 Å². The quantitative estimate of drug-likeness (QED) is 0.552. The molecule has 5 nitrogen and oxygen atoms in total. The van der Waals surface area contributed by atoms with E-state index in [1.165, 1.54) is 0 Å². The van der Waals surface area contributed by atoms with Crippen LogP contribution in [0.15, 0.2) is 24.9 Å². The first-order chi connectivity index (χ1) is 10.9. The summed E-state index contributed by atoms with van der Waals surface area (Å²) >= 11 is 0. The van der Waals surface area contributed by atoms with Crippen LogP contribution in [0.25, 0.3) is 0 Å². The minimum absolute atomic E-state index is 0.00989. The topological polar surface area (TPSA) is 63.7 Å². The lowest BCUT2D eigenvalue weighted by Gasteiger charge is -2.26. The fourth-order valence-corrected chi connectivity index (χ4v) is 4.93. The number of carbonyl (C=O) groups is 1. The van der Waals surface area contributed by atoms with Gasteiger partial charge < -0.3 is 0 Å². The number of amides is 1. The second kappa shape index (κ2) is 5.04. The van der Waals surface area contributed by atoms with Crippen LogP contribution in [0.3, 0.4) is 0 Å². The van der Waals surface area contributed by atoms with Gasteiger partial charge in [-0.15, -0.1) is 4.28 Å². The smallest absolute Gasteiger partial charge is 0.272 e. The third-order valence-electron chi connectivity index (χ3n) is 5.18. The van der Waals surface area contributed by atoms with Crippen molar-refractivity contribution >= 4 is 16.0 Å². The molecule has 0 aromatic carbocycles. The van der Waals surface area contributed by atoms with Gasteiger partial charge in [0.2, 0.25) is 0 Å². The minimum Gasteiger partial charge on any atom is -0.272 e. The largest absolute Gasteiger partial charge is 0.437 e. The maximum atomic E-state index is 13.6. The zero-order valence-electron chi connectivity index (χ0n) is 12.4. The van der Waals surface area contributed by atoms with Crippen LogP contribution in [0.4, 0.5) is 17.6 Å². The molecule has 0 N–H and O–H groups in total. The van der Waals surface area contributed by atoms with E-state index in [1.807, 2.05) is 0 Å². The van der Waals surface area contributed by atoms with E-state index in [0.717, 1.165) is 19.3 Å². The molecule has 4 atom stereocenters. The van der Waals surface area contributed by atoms with Crippen LogP contribution < -0.4 is 0 Å². The number of alkyl halides is 4. The van der Waals surface area contributed by atoms with Crippen molar-refractivity contribution in [1.29, 1.82) is 0 Å². The minimum atomic E-state index is -6.13. The Morgan fingerprint density at radius 3 is 2.21 bits per heavy atom. The Hall–Kier alpha value is -1.42. The van der Waals surface area contributed by atoms with Gasteiger partial charge in [0.15, 0.2) is 0 Å². The maximum Gasteiger partial charge on any atom is 0.437 e. The van der Waals surface area contributed by atoms with Crippen LogP contribution >= 0.6 is 0 Å². The van der Waals surface area contributed by atoms with E-state index in [0.29, 0.717) is 0 Å². The molecule has 3 rings (SSSR count). The van der Waals surface area contributed by atoms with Crippen molar-refractivity contribution in [2.75, 3.05) is 0 Å². The molecular formula is C14H15F4NO4S. The summed E-state index contributed by atoms with van der Waals surface area (Å²) in [4.78, 5) is 12.3. The number of rotatable bonds is 5. The second-order valence-electron chi connectivity index (χ2n) is 6.38. The molecule has 1 saturated heterocycles. The molecule has 10 heteroatoms. The molecule has 0 aromatic rings. The van der Waals surface area contributed by atoms with Crippen LogP contribution in [-0.4, -0.2) is 30.6 Å². The Bertz CT molecular complexity index is 692. The predicted molar refractivity (Wildman–Crippen MR) is 73.9 cm³/mol. The number of allylic oxidation sites excluding steroid dienone is 2. The molecule has 1 aliphatic heterocycles. The zero-order valence-corrected chi connectivity index (χ0v) is 13.2. The molecule has 2 aliphatic carbocycles. The van der Waals surface area contributed by atoms with Crippen LogP contribution in [0.5, 0.6) is 0 Å². The fraction of sp³-hybridized carbons (Fsp3) is 0.643. The monoisotopic (exact) mass is 369 g/mol. The van der Waals surface area contributed by atoms with Gasteiger partial charge in [-0.05, 0) is 37.2 Å². The van der Waals surface area contributed by atoms with Gasteiger partial charge in [0.25, 0.3) is 5.91 Å². The number of nitrogens with zero attached hydrogens (tertiary/aromatic N) is 1. The second-order valence-corrected chi connectivity index (χ2v) is 7.95. The molecule has 134 valence electrons. The number of carbonyl (C=O) groups excluding carboxylic acids is 1. The summed E-state index contributed by atoms with van der Waals surface area (Å²) < 4.78 is 81.1. The van der Waals surface area contributed by atoms with Gasteiger partial charge in [-0.25, -0.2) is 0 Å². The summed E-state index contributed by atoms with van der Waals surface area (Å²) in [7, 11) is -6.13. The Morgan fingerprint density at radius 1 is 1.17 bits per heavy atom. The Balaban J connectivity index is 1.88. The molecule has 0 radical (unpaired) electrons. The number of halogens is 4. The van der Waals surface area contributed by atoms with Crippen LogP contribution in [0, 0.1) is 23.7 Å². The van der Waals surface area contributed by atoms with Crippen molar-refractivity contribution in [3.8, 4) is 0 Å². The third-order valence-corrected chi connectivity index (χ3v) is 6.42. The highest BCUT2D eigenvalue weighted by Crippen LogP contribution is 2.59. The van der Waals surface area contributed by atoms with Crippen molar-refractivity contribution in [3.05, 3.63) is 24.9 Å². The molecule has 0 spiro atoms. The first-order valence-corrected chi connectivity index (χ1v) is 8.71. The number of hydroxylamine groups is 2. The highest BCUT2D eigenvalue weighted by atomic mass is 32.2. The van der Waals surface area contributed by atoms with Crippen molar-refractivity contribution in [1.82, 2.24) is 5.06 Å². The summed E-state index contributed by atoms with van der Waals surface area (Å²) in [5, 5.41) is -5.42. The zero-order chi connectivity index (χ0) is 18.1. The van der Waals surface area contributed by atoms with Crippen molar-refractivity contribution in [2.45, 2.75) is 30.4 Å². The standard InChI is InChI=1S/C14H15F4NO4S/c1-3-13(15,16)14(17,18)24(21,22)23-19-7(2)10-8-4-5-9(6-8)11(10)12(19)20/h3,8-11H,1-2,4-6H2. The molecule has 2 saturated carbocycles. The summed E-state index contributed by atoms with van der Waals surface area (Å²) in [5.74, 6) is -6.73. The Kier molecular flexibility index (Phi) is 3.66. The van der Waals surface area contributed by atoms with E-state index in [-0.39, 0.29) is 28.5 Å². The highest BCUT2D eigenvalue weighted by Gasteiger charge is 2.67. The lowest BCUT2D eigenvalue weighted by Crippen LogP contribution is -2.48. The average molecular weight is 369 g/mol. The lowest BCUT2D eigenvalue weighted by molar-refractivity contribution is -0.158. The first kappa shape index (κ1) is 17.4. The van der Waals surface area contributed by atoms with Gasteiger partial charge in [-0.1, -0.05) is 13.2 Å². The molecule has 24 heavy (non-hydrogen) atoms. The van der Waals surface area contributed by atoms with Gasteiger partial charge in [0, 0.05) is 11.6 Å². The normalized spacial score (nSPS) is 33.2. The number of hydrogen-bond donors (Lipinski definition) is 0. The number of hydrogen-bond acceptors (Lipinski definition) is 4. The lowest BCUT2D eigenvalue weighted by atomic mass is 9.80. The van der Waals surface area contributed by atoms with E-state index in [9.17, 15) is 30.8 Å². The fourth-order valence-electron chi connectivity index (χ4n) is 4.05. The van der Waals surface area contributed by atoms with E-state index in [4.69, 9.17) is 0 Å². The molecular weight excluding hydrogens is 354 g/mol. The van der Waals surface area contributed by atoms with Gasteiger partial charge >= 0.3 is 21.3 Å². The van der Waals surface area contributed by atoms with Crippen molar-refractivity contribution < 1.29 is 35.1 Å². The van der Waals surface area contributed by atoms with Crippen molar-refractivity contribution in [2.24, 2.45) is 23.7 Å². The van der Waals surface area contributed by atoms with E-state index in [1.54, 1.807) is 0 Å². The molecule has 3 aliphatic rings. The van der Waals surface area contributed by atoms with Crippen LogP contribution in [-0.2, 0) is 19.2 Å². The predicted octanol–water partition coefficient (Wildman–Crippen LogP) is 2.68. The summed E-state index contributed by atoms with van der Waals surface area (Å²) in [6.07, 6.45) is 1.90. The van der Waals surface area contributed by atoms with Crippen LogP contribution in [0.2, 0.25) is 0 Å². The Labute approximate surface area is 136 Å². The van der Waals surface area contributed by atoms with Crippen molar-refractivity contribution in [3.63, 3.8) is 0 Å². The van der Waals surface area contributed by atoms with Gasteiger partial charge in [-0.3, -0.25) is 4.79 Å². The summed E-state index contributed by atoms with van der Waals surface area (Å²) in [6, 6.07) is 0. The van der Waals surface area contributed by atoms with E-state index < -0.39 is 39.2 Å².